The lowest BCUT2D eigenvalue weighted by atomic mass is 10.0. The van der Waals surface area contributed by atoms with Crippen LogP contribution in [0.3, 0.4) is 0 Å². The summed E-state index contributed by atoms with van der Waals surface area (Å²) in [5, 5.41) is 0. The molecule has 1 aliphatic carbocycles. The second-order valence-electron chi connectivity index (χ2n) is 8.12. The smallest absolute Gasteiger partial charge is 0.227 e. The van der Waals surface area contributed by atoms with Crippen molar-refractivity contribution in [2.75, 3.05) is 39.4 Å². The number of morpholine rings is 1. The minimum atomic E-state index is 0.149. The molecular formula is C17H30N2O2. The predicted octanol–water partition coefficient (Wildman–Crippen LogP) is 1.99. The van der Waals surface area contributed by atoms with Crippen LogP contribution in [0.5, 0.6) is 0 Å². The third-order valence-electron chi connectivity index (χ3n) is 6.50. The molecule has 1 atom stereocenters. The maximum absolute atomic E-state index is 13.0. The standard InChI is InChI=1S/C17H30N2O2/c1-16(2)14(17(16,3)4)15(20)19-7-5-6-13(19)12-18-8-10-21-11-9-18/h13-14H,5-12H2,1-4H3/t13-/m0/s1. The molecule has 0 aromatic carbocycles. The Bertz CT molecular complexity index is 399. The molecule has 0 unspecified atom stereocenters. The highest BCUT2D eigenvalue weighted by atomic mass is 16.5. The second kappa shape index (κ2) is 5.24. The highest BCUT2D eigenvalue weighted by molar-refractivity contribution is 5.84. The van der Waals surface area contributed by atoms with Crippen LogP contribution in [0.15, 0.2) is 0 Å². The van der Waals surface area contributed by atoms with E-state index in [1.165, 1.54) is 0 Å². The Balaban J connectivity index is 1.63. The lowest BCUT2D eigenvalue weighted by Crippen LogP contribution is -2.47. The van der Waals surface area contributed by atoms with Crippen LogP contribution in [-0.4, -0.2) is 61.1 Å². The fraction of sp³-hybridized carbons (Fsp3) is 0.941. The summed E-state index contributed by atoms with van der Waals surface area (Å²) in [6.45, 7) is 14.6. The van der Waals surface area contributed by atoms with E-state index < -0.39 is 0 Å². The second-order valence-corrected chi connectivity index (χ2v) is 8.12. The minimum absolute atomic E-state index is 0.149. The summed E-state index contributed by atoms with van der Waals surface area (Å²) in [5.41, 5.74) is 0.298. The molecule has 3 rings (SSSR count). The highest BCUT2D eigenvalue weighted by Crippen LogP contribution is 2.69. The van der Waals surface area contributed by atoms with Crippen molar-refractivity contribution in [2.24, 2.45) is 16.7 Å². The first-order valence-electron chi connectivity index (χ1n) is 8.46. The predicted molar refractivity (Wildman–Crippen MR) is 83.0 cm³/mol. The van der Waals surface area contributed by atoms with Crippen molar-refractivity contribution in [1.82, 2.24) is 9.80 Å². The average molecular weight is 294 g/mol. The van der Waals surface area contributed by atoms with Gasteiger partial charge in [0.2, 0.25) is 5.91 Å². The van der Waals surface area contributed by atoms with Gasteiger partial charge in [0.1, 0.15) is 0 Å². The van der Waals surface area contributed by atoms with E-state index in [0.29, 0.717) is 11.9 Å². The summed E-state index contributed by atoms with van der Waals surface area (Å²) in [4.78, 5) is 17.6. The molecule has 0 radical (unpaired) electrons. The molecule has 0 bridgehead atoms. The van der Waals surface area contributed by atoms with E-state index in [0.717, 1.165) is 52.2 Å². The molecule has 1 saturated carbocycles. The van der Waals surface area contributed by atoms with Crippen LogP contribution in [0, 0.1) is 16.7 Å². The van der Waals surface area contributed by atoms with E-state index in [4.69, 9.17) is 4.74 Å². The third kappa shape index (κ3) is 2.50. The van der Waals surface area contributed by atoms with Crippen LogP contribution in [0.2, 0.25) is 0 Å². The molecule has 0 N–H and O–H groups in total. The maximum atomic E-state index is 13.0. The van der Waals surface area contributed by atoms with Crippen LogP contribution in [0.25, 0.3) is 0 Å². The van der Waals surface area contributed by atoms with Crippen molar-refractivity contribution in [2.45, 2.75) is 46.6 Å². The Morgan fingerprint density at radius 2 is 1.71 bits per heavy atom. The van der Waals surface area contributed by atoms with E-state index >= 15 is 0 Å². The fourth-order valence-electron chi connectivity index (χ4n) is 4.38. The molecule has 120 valence electrons. The Kier molecular flexibility index (Phi) is 3.81. The van der Waals surface area contributed by atoms with Crippen molar-refractivity contribution < 1.29 is 9.53 Å². The molecule has 0 aromatic heterocycles. The summed E-state index contributed by atoms with van der Waals surface area (Å²) in [6, 6.07) is 0.419. The van der Waals surface area contributed by atoms with Gasteiger partial charge in [-0.15, -0.1) is 0 Å². The first-order valence-corrected chi connectivity index (χ1v) is 8.46. The average Bonchev–Trinajstić information content (AvgIpc) is 2.77. The summed E-state index contributed by atoms with van der Waals surface area (Å²) in [7, 11) is 0. The normalized spacial score (nSPS) is 32.4. The van der Waals surface area contributed by atoms with Crippen molar-refractivity contribution in [3.8, 4) is 0 Å². The van der Waals surface area contributed by atoms with E-state index in [1.807, 2.05) is 0 Å². The van der Waals surface area contributed by atoms with Gasteiger partial charge in [-0.1, -0.05) is 27.7 Å². The van der Waals surface area contributed by atoms with Gasteiger partial charge in [0.15, 0.2) is 0 Å². The molecule has 1 amide bonds. The molecule has 2 heterocycles. The first-order chi connectivity index (χ1) is 9.85. The van der Waals surface area contributed by atoms with Gasteiger partial charge >= 0.3 is 0 Å². The number of hydrogen-bond acceptors (Lipinski definition) is 3. The van der Waals surface area contributed by atoms with Gasteiger partial charge in [0, 0.05) is 38.1 Å². The molecule has 4 heteroatoms. The zero-order valence-corrected chi connectivity index (χ0v) is 14.0. The van der Waals surface area contributed by atoms with Crippen molar-refractivity contribution in [3.05, 3.63) is 0 Å². The minimum Gasteiger partial charge on any atom is -0.379 e. The molecule has 3 aliphatic rings. The molecule has 0 spiro atoms. The van der Waals surface area contributed by atoms with E-state index in [1.54, 1.807) is 0 Å². The number of nitrogens with zero attached hydrogens (tertiary/aromatic N) is 2. The lowest BCUT2D eigenvalue weighted by molar-refractivity contribution is -0.135. The van der Waals surface area contributed by atoms with Crippen LogP contribution >= 0.6 is 0 Å². The Labute approximate surface area is 128 Å². The van der Waals surface area contributed by atoms with Crippen LogP contribution in [0.1, 0.15) is 40.5 Å². The number of rotatable bonds is 3. The zero-order chi connectivity index (χ0) is 15.3. The lowest BCUT2D eigenvalue weighted by Gasteiger charge is -2.33. The molecule has 3 fully saturated rings. The summed E-state index contributed by atoms with van der Waals surface area (Å²) < 4.78 is 5.42. The number of likely N-dealkylation sites (tertiary alicyclic amines) is 1. The maximum Gasteiger partial charge on any atom is 0.227 e. The third-order valence-corrected chi connectivity index (χ3v) is 6.50. The van der Waals surface area contributed by atoms with E-state index in [-0.39, 0.29) is 16.7 Å². The van der Waals surface area contributed by atoms with Crippen LogP contribution < -0.4 is 0 Å². The summed E-state index contributed by atoms with van der Waals surface area (Å²) in [5.74, 6) is 0.607. The van der Waals surface area contributed by atoms with Gasteiger partial charge in [-0.25, -0.2) is 0 Å². The van der Waals surface area contributed by atoms with E-state index in [2.05, 4.69) is 37.5 Å². The Morgan fingerprint density at radius 3 is 2.29 bits per heavy atom. The monoisotopic (exact) mass is 294 g/mol. The summed E-state index contributed by atoms with van der Waals surface area (Å²) >= 11 is 0. The Hall–Kier alpha value is -0.610. The van der Waals surface area contributed by atoms with Gasteiger partial charge in [-0.3, -0.25) is 9.69 Å². The number of carbonyl (C=O) groups is 1. The summed E-state index contributed by atoms with van der Waals surface area (Å²) in [6.07, 6.45) is 2.32. The van der Waals surface area contributed by atoms with Crippen molar-refractivity contribution >= 4 is 5.91 Å². The quantitative estimate of drug-likeness (QED) is 0.798. The van der Waals surface area contributed by atoms with Crippen LogP contribution in [-0.2, 0) is 9.53 Å². The largest absolute Gasteiger partial charge is 0.379 e. The highest BCUT2D eigenvalue weighted by Gasteiger charge is 2.69. The number of carbonyl (C=O) groups excluding carboxylic acids is 1. The van der Waals surface area contributed by atoms with Crippen molar-refractivity contribution in [1.29, 1.82) is 0 Å². The number of ether oxygens (including phenoxy) is 1. The van der Waals surface area contributed by atoms with Crippen LogP contribution in [0.4, 0.5) is 0 Å². The van der Waals surface area contributed by atoms with Gasteiger partial charge in [-0.2, -0.15) is 0 Å². The number of hydrogen-bond donors (Lipinski definition) is 0. The molecule has 21 heavy (non-hydrogen) atoms. The van der Waals surface area contributed by atoms with Gasteiger partial charge in [0.05, 0.1) is 13.2 Å². The fourth-order valence-corrected chi connectivity index (χ4v) is 4.38. The zero-order valence-electron chi connectivity index (χ0n) is 14.0. The molecule has 2 saturated heterocycles. The molecule has 0 aromatic rings. The topological polar surface area (TPSA) is 32.8 Å². The number of amides is 1. The first kappa shape index (κ1) is 15.3. The van der Waals surface area contributed by atoms with Gasteiger partial charge in [0.25, 0.3) is 0 Å². The molecule has 4 nitrogen and oxygen atoms in total. The SMILES string of the molecule is CC1(C)C(C(=O)N2CCC[C@H]2CN2CCOCC2)C1(C)C. The van der Waals surface area contributed by atoms with Gasteiger partial charge in [-0.05, 0) is 23.7 Å². The molecular weight excluding hydrogens is 264 g/mol. The molecule has 2 aliphatic heterocycles. The Morgan fingerprint density at radius 1 is 1.10 bits per heavy atom. The van der Waals surface area contributed by atoms with Gasteiger partial charge < -0.3 is 9.64 Å². The van der Waals surface area contributed by atoms with Crippen molar-refractivity contribution in [3.63, 3.8) is 0 Å². The van der Waals surface area contributed by atoms with E-state index in [9.17, 15) is 4.79 Å².